The number of hydrogen-bond acceptors (Lipinski definition) is 4. The van der Waals surface area contributed by atoms with Crippen molar-refractivity contribution in [2.75, 3.05) is 14.2 Å². The molecule has 1 N–H and O–H groups in total. The van der Waals surface area contributed by atoms with Crippen molar-refractivity contribution in [2.24, 2.45) is 5.92 Å². The third-order valence-electron chi connectivity index (χ3n) is 5.52. The SMILES string of the molecule is COC1=CC(OC)C(C(=O)N(C2CC2)C2CCc3[nH]ncc3C2)C=C1. The molecular weight excluding hydrogens is 318 g/mol. The fourth-order valence-corrected chi connectivity index (χ4v) is 4.02. The zero-order valence-corrected chi connectivity index (χ0v) is 14.8. The number of aromatic amines is 1. The van der Waals surface area contributed by atoms with Crippen LogP contribution in [0.4, 0.5) is 0 Å². The van der Waals surface area contributed by atoms with Gasteiger partial charge < -0.3 is 14.4 Å². The summed E-state index contributed by atoms with van der Waals surface area (Å²) in [6, 6.07) is 0.633. The molecule has 3 aliphatic rings. The van der Waals surface area contributed by atoms with E-state index >= 15 is 0 Å². The summed E-state index contributed by atoms with van der Waals surface area (Å²) in [4.78, 5) is 15.5. The summed E-state index contributed by atoms with van der Waals surface area (Å²) in [6.45, 7) is 0. The van der Waals surface area contributed by atoms with Crippen molar-refractivity contribution in [1.82, 2.24) is 15.1 Å². The molecule has 0 aromatic carbocycles. The molecule has 0 spiro atoms. The van der Waals surface area contributed by atoms with E-state index in [1.807, 2.05) is 24.4 Å². The number of carbonyl (C=O) groups excluding carboxylic acids is 1. The second-order valence-electron chi connectivity index (χ2n) is 7.11. The molecule has 4 rings (SSSR count). The number of aromatic nitrogens is 2. The molecule has 1 amide bonds. The summed E-state index contributed by atoms with van der Waals surface area (Å²) in [5.41, 5.74) is 2.47. The van der Waals surface area contributed by atoms with Gasteiger partial charge in [0.15, 0.2) is 0 Å². The van der Waals surface area contributed by atoms with Gasteiger partial charge in [-0.1, -0.05) is 6.08 Å². The number of methoxy groups -OCH3 is 2. The molecule has 6 heteroatoms. The van der Waals surface area contributed by atoms with Gasteiger partial charge in [-0.05, 0) is 49.8 Å². The van der Waals surface area contributed by atoms with E-state index in [0.717, 1.165) is 37.9 Å². The van der Waals surface area contributed by atoms with Gasteiger partial charge in [-0.3, -0.25) is 9.89 Å². The highest BCUT2D eigenvalue weighted by atomic mass is 16.5. The lowest BCUT2D eigenvalue weighted by molar-refractivity contribution is -0.140. The van der Waals surface area contributed by atoms with Gasteiger partial charge in [-0.25, -0.2) is 0 Å². The normalized spacial score (nSPS) is 28.2. The number of hydrogen-bond donors (Lipinski definition) is 1. The van der Waals surface area contributed by atoms with Crippen LogP contribution in [0.2, 0.25) is 0 Å². The summed E-state index contributed by atoms with van der Waals surface area (Å²) in [5, 5.41) is 7.23. The number of ether oxygens (including phenoxy) is 2. The molecular formula is C19H25N3O3. The third kappa shape index (κ3) is 3.11. The van der Waals surface area contributed by atoms with Crippen LogP contribution in [-0.4, -0.2) is 53.4 Å². The molecule has 0 radical (unpaired) electrons. The average Bonchev–Trinajstić information content (AvgIpc) is 3.36. The second-order valence-corrected chi connectivity index (χ2v) is 7.11. The molecule has 6 nitrogen and oxygen atoms in total. The molecule has 0 bridgehead atoms. The van der Waals surface area contributed by atoms with Crippen LogP contribution in [0.5, 0.6) is 0 Å². The zero-order chi connectivity index (χ0) is 17.4. The van der Waals surface area contributed by atoms with Crippen LogP contribution >= 0.6 is 0 Å². The van der Waals surface area contributed by atoms with Gasteiger partial charge in [-0.15, -0.1) is 0 Å². The minimum atomic E-state index is -0.282. The molecule has 3 unspecified atom stereocenters. The Kier molecular flexibility index (Phi) is 4.37. The predicted octanol–water partition coefficient (Wildman–Crippen LogP) is 1.99. The van der Waals surface area contributed by atoms with Crippen LogP contribution in [-0.2, 0) is 27.1 Å². The molecule has 1 aromatic heterocycles. The number of nitrogens with one attached hydrogen (secondary N) is 1. The summed E-state index contributed by atoms with van der Waals surface area (Å²) in [6.07, 6.45) is 12.4. The number of amides is 1. The Morgan fingerprint density at radius 2 is 2.12 bits per heavy atom. The largest absolute Gasteiger partial charge is 0.497 e. The number of aryl methyl sites for hydroxylation is 1. The summed E-state index contributed by atoms with van der Waals surface area (Å²) in [5.74, 6) is 0.638. The van der Waals surface area contributed by atoms with E-state index in [-0.39, 0.29) is 24.0 Å². The lowest BCUT2D eigenvalue weighted by Crippen LogP contribution is -2.49. The highest BCUT2D eigenvalue weighted by Gasteiger charge is 2.42. The first-order valence-corrected chi connectivity index (χ1v) is 9.01. The van der Waals surface area contributed by atoms with Crippen LogP contribution in [0.3, 0.4) is 0 Å². The molecule has 1 saturated carbocycles. The van der Waals surface area contributed by atoms with Crippen molar-refractivity contribution in [3.8, 4) is 0 Å². The number of fused-ring (bicyclic) bond motifs is 1. The van der Waals surface area contributed by atoms with Gasteiger partial charge in [0.2, 0.25) is 5.91 Å². The lowest BCUT2D eigenvalue weighted by Gasteiger charge is -2.37. The fraction of sp³-hybridized carbons (Fsp3) is 0.579. The van der Waals surface area contributed by atoms with Gasteiger partial charge >= 0.3 is 0 Å². The predicted molar refractivity (Wildman–Crippen MR) is 92.8 cm³/mol. The highest BCUT2D eigenvalue weighted by Crippen LogP contribution is 2.36. The van der Waals surface area contributed by atoms with Crippen LogP contribution in [0.1, 0.15) is 30.5 Å². The minimum absolute atomic E-state index is 0.175. The maximum Gasteiger partial charge on any atom is 0.232 e. The number of allylic oxidation sites excluding steroid dienone is 1. The first kappa shape index (κ1) is 16.4. The topological polar surface area (TPSA) is 67.5 Å². The number of H-pyrrole nitrogens is 1. The Morgan fingerprint density at radius 1 is 1.28 bits per heavy atom. The van der Waals surface area contributed by atoms with E-state index in [4.69, 9.17) is 9.47 Å². The third-order valence-corrected chi connectivity index (χ3v) is 5.52. The van der Waals surface area contributed by atoms with E-state index < -0.39 is 0 Å². The lowest BCUT2D eigenvalue weighted by atomic mass is 9.89. The molecule has 1 aromatic rings. The zero-order valence-electron chi connectivity index (χ0n) is 14.8. The van der Waals surface area contributed by atoms with E-state index in [1.54, 1.807) is 14.2 Å². The van der Waals surface area contributed by atoms with Crippen LogP contribution < -0.4 is 0 Å². The van der Waals surface area contributed by atoms with Gasteiger partial charge in [0.25, 0.3) is 0 Å². The average molecular weight is 343 g/mol. The first-order valence-electron chi connectivity index (χ1n) is 9.01. The maximum atomic E-state index is 13.4. The maximum absolute atomic E-state index is 13.4. The monoisotopic (exact) mass is 343 g/mol. The molecule has 0 aliphatic heterocycles. The Hall–Kier alpha value is -2.08. The van der Waals surface area contributed by atoms with Gasteiger partial charge in [-0.2, -0.15) is 5.10 Å². The Balaban J connectivity index is 1.54. The fourth-order valence-electron chi connectivity index (χ4n) is 4.02. The molecule has 3 atom stereocenters. The van der Waals surface area contributed by atoms with Crippen molar-refractivity contribution in [2.45, 2.75) is 50.3 Å². The number of rotatable bonds is 5. The van der Waals surface area contributed by atoms with Gasteiger partial charge in [0.05, 0.1) is 25.3 Å². The second kappa shape index (κ2) is 6.67. The van der Waals surface area contributed by atoms with Crippen molar-refractivity contribution < 1.29 is 14.3 Å². The smallest absolute Gasteiger partial charge is 0.232 e. The van der Waals surface area contributed by atoms with Crippen molar-refractivity contribution >= 4 is 5.91 Å². The molecule has 134 valence electrons. The Bertz CT molecular complexity index is 705. The highest BCUT2D eigenvalue weighted by molar-refractivity contribution is 5.83. The Labute approximate surface area is 147 Å². The minimum Gasteiger partial charge on any atom is -0.497 e. The van der Waals surface area contributed by atoms with E-state index in [0.29, 0.717) is 6.04 Å². The van der Waals surface area contributed by atoms with Crippen LogP contribution in [0, 0.1) is 5.92 Å². The van der Waals surface area contributed by atoms with E-state index in [1.165, 1.54) is 11.3 Å². The standard InChI is InChI=1S/C19H25N3O3/c1-24-15-6-7-16(18(10-15)25-2)19(23)22(13-3-4-13)14-5-8-17-12(9-14)11-20-21-17/h6-7,10-11,13-14,16,18H,3-5,8-9H2,1-2H3,(H,20,21). The van der Waals surface area contributed by atoms with E-state index in [2.05, 4.69) is 15.1 Å². The summed E-state index contributed by atoms with van der Waals surface area (Å²) >= 11 is 0. The molecule has 0 saturated heterocycles. The van der Waals surface area contributed by atoms with Crippen molar-refractivity contribution in [3.63, 3.8) is 0 Å². The van der Waals surface area contributed by atoms with Crippen molar-refractivity contribution in [3.05, 3.63) is 41.4 Å². The van der Waals surface area contributed by atoms with Crippen LogP contribution in [0.15, 0.2) is 30.2 Å². The molecule has 25 heavy (non-hydrogen) atoms. The van der Waals surface area contributed by atoms with Gasteiger partial charge in [0, 0.05) is 24.9 Å². The number of carbonyl (C=O) groups is 1. The number of nitrogens with zero attached hydrogens (tertiary/aromatic N) is 2. The van der Waals surface area contributed by atoms with Crippen LogP contribution in [0.25, 0.3) is 0 Å². The Morgan fingerprint density at radius 3 is 2.84 bits per heavy atom. The van der Waals surface area contributed by atoms with E-state index in [9.17, 15) is 4.79 Å². The quantitative estimate of drug-likeness (QED) is 0.888. The first-order chi connectivity index (χ1) is 12.2. The summed E-state index contributed by atoms with van der Waals surface area (Å²) in [7, 11) is 3.28. The summed E-state index contributed by atoms with van der Waals surface area (Å²) < 4.78 is 10.8. The molecule has 1 fully saturated rings. The molecule has 3 aliphatic carbocycles. The van der Waals surface area contributed by atoms with Crippen molar-refractivity contribution in [1.29, 1.82) is 0 Å². The van der Waals surface area contributed by atoms with Gasteiger partial charge in [0.1, 0.15) is 5.76 Å². The molecule has 1 heterocycles.